The number of carbonyl (C=O) groups excluding carboxylic acids is 2. The molecule has 0 aromatic heterocycles. The summed E-state index contributed by atoms with van der Waals surface area (Å²) in [5.41, 5.74) is 2.56. The number of benzene rings is 1. The SMILES string of the molecule is CN(C)C(=O)NCCC(=O)N1CCc2ccccc2C1. The van der Waals surface area contributed by atoms with Crippen LogP contribution in [-0.4, -0.2) is 48.9 Å². The van der Waals surface area contributed by atoms with E-state index in [1.165, 1.54) is 16.0 Å². The van der Waals surface area contributed by atoms with Gasteiger partial charge in [0, 0.05) is 40.2 Å². The Kier molecular flexibility index (Phi) is 4.61. The van der Waals surface area contributed by atoms with Crippen molar-refractivity contribution >= 4 is 11.9 Å². The summed E-state index contributed by atoms with van der Waals surface area (Å²) in [5, 5.41) is 2.71. The van der Waals surface area contributed by atoms with E-state index >= 15 is 0 Å². The molecule has 1 aromatic carbocycles. The molecular formula is C15H21N3O2. The van der Waals surface area contributed by atoms with Crippen LogP contribution in [0.2, 0.25) is 0 Å². The Bertz CT molecular complexity index is 500. The third-order valence-electron chi connectivity index (χ3n) is 3.50. The smallest absolute Gasteiger partial charge is 0.316 e. The van der Waals surface area contributed by atoms with E-state index in [0.29, 0.717) is 19.5 Å². The number of nitrogens with one attached hydrogen (secondary N) is 1. The number of hydrogen-bond donors (Lipinski definition) is 1. The van der Waals surface area contributed by atoms with Gasteiger partial charge in [-0.2, -0.15) is 0 Å². The van der Waals surface area contributed by atoms with Crippen LogP contribution in [-0.2, 0) is 17.8 Å². The molecule has 108 valence electrons. The van der Waals surface area contributed by atoms with Crippen LogP contribution in [0.15, 0.2) is 24.3 Å². The zero-order valence-electron chi connectivity index (χ0n) is 12.1. The highest BCUT2D eigenvalue weighted by Crippen LogP contribution is 2.18. The van der Waals surface area contributed by atoms with Gasteiger partial charge in [-0.05, 0) is 17.5 Å². The molecular weight excluding hydrogens is 254 g/mol. The molecule has 5 heteroatoms. The molecule has 0 radical (unpaired) electrons. The molecule has 1 aliphatic heterocycles. The zero-order chi connectivity index (χ0) is 14.5. The summed E-state index contributed by atoms with van der Waals surface area (Å²) >= 11 is 0. The van der Waals surface area contributed by atoms with E-state index in [1.54, 1.807) is 14.1 Å². The molecule has 0 unspecified atom stereocenters. The van der Waals surface area contributed by atoms with Crippen LogP contribution in [0.3, 0.4) is 0 Å². The third-order valence-corrected chi connectivity index (χ3v) is 3.50. The first-order valence-electron chi connectivity index (χ1n) is 6.87. The topological polar surface area (TPSA) is 52.7 Å². The van der Waals surface area contributed by atoms with Gasteiger partial charge in [0.15, 0.2) is 0 Å². The molecule has 1 aromatic rings. The molecule has 20 heavy (non-hydrogen) atoms. The van der Waals surface area contributed by atoms with Gasteiger partial charge in [-0.25, -0.2) is 4.79 Å². The Labute approximate surface area is 119 Å². The lowest BCUT2D eigenvalue weighted by molar-refractivity contribution is -0.131. The highest BCUT2D eigenvalue weighted by molar-refractivity contribution is 5.78. The minimum atomic E-state index is -0.165. The first-order valence-corrected chi connectivity index (χ1v) is 6.87. The van der Waals surface area contributed by atoms with Crippen molar-refractivity contribution < 1.29 is 9.59 Å². The Morgan fingerprint density at radius 1 is 1.25 bits per heavy atom. The maximum atomic E-state index is 12.1. The average molecular weight is 275 g/mol. The summed E-state index contributed by atoms with van der Waals surface area (Å²) < 4.78 is 0. The van der Waals surface area contributed by atoms with Crippen LogP contribution >= 0.6 is 0 Å². The lowest BCUT2D eigenvalue weighted by Gasteiger charge is -2.29. The lowest BCUT2D eigenvalue weighted by atomic mass is 10.00. The molecule has 0 bridgehead atoms. The molecule has 1 aliphatic rings. The molecule has 0 aliphatic carbocycles. The molecule has 0 atom stereocenters. The summed E-state index contributed by atoms with van der Waals surface area (Å²) in [6, 6.07) is 8.07. The first kappa shape index (κ1) is 14.4. The van der Waals surface area contributed by atoms with E-state index in [0.717, 1.165) is 13.0 Å². The van der Waals surface area contributed by atoms with E-state index < -0.39 is 0 Å². The molecule has 0 spiro atoms. The fourth-order valence-corrected chi connectivity index (χ4v) is 2.30. The minimum Gasteiger partial charge on any atom is -0.338 e. The largest absolute Gasteiger partial charge is 0.338 e. The monoisotopic (exact) mass is 275 g/mol. The molecule has 0 saturated carbocycles. The van der Waals surface area contributed by atoms with Gasteiger partial charge >= 0.3 is 6.03 Å². The molecule has 1 heterocycles. The van der Waals surface area contributed by atoms with Crippen LogP contribution in [0.25, 0.3) is 0 Å². The number of carbonyl (C=O) groups is 2. The fourth-order valence-electron chi connectivity index (χ4n) is 2.30. The van der Waals surface area contributed by atoms with Crippen LogP contribution in [0.4, 0.5) is 4.79 Å². The van der Waals surface area contributed by atoms with Crippen molar-refractivity contribution in [3.63, 3.8) is 0 Å². The van der Waals surface area contributed by atoms with E-state index in [4.69, 9.17) is 0 Å². The molecule has 0 saturated heterocycles. The molecule has 3 amide bonds. The highest BCUT2D eigenvalue weighted by atomic mass is 16.2. The summed E-state index contributed by atoms with van der Waals surface area (Å²) in [6.07, 6.45) is 1.26. The highest BCUT2D eigenvalue weighted by Gasteiger charge is 2.19. The Balaban J connectivity index is 1.81. The van der Waals surface area contributed by atoms with E-state index in [-0.39, 0.29) is 11.9 Å². The fraction of sp³-hybridized carbons (Fsp3) is 0.467. The predicted molar refractivity (Wildman–Crippen MR) is 77.3 cm³/mol. The van der Waals surface area contributed by atoms with Crippen LogP contribution in [0, 0.1) is 0 Å². The number of hydrogen-bond acceptors (Lipinski definition) is 2. The normalized spacial score (nSPS) is 13.6. The quantitative estimate of drug-likeness (QED) is 0.902. The van der Waals surface area contributed by atoms with E-state index in [9.17, 15) is 9.59 Å². The number of fused-ring (bicyclic) bond motifs is 1. The van der Waals surface area contributed by atoms with Gasteiger partial charge in [-0.15, -0.1) is 0 Å². The second-order valence-corrected chi connectivity index (χ2v) is 5.21. The lowest BCUT2D eigenvalue weighted by Crippen LogP contribution is -2.40. The molecule has 0 fully saturated rings. The first-order chi connectivity index (χ1) is 9.58. The number of amides is 3. The van der Waals surface area contributed by atoms with Gasteiger partial charge < -0.3 is 15.1 Å². The van der Waals surface area contributed by atoms with Crippen molar-refractivity contribution in [3.05, 3.63) is 35.4 Å². The molecule has 1 N–H and O–H groups in total. The van der Waals surface area contributed by atoms with Gasteiger partial charge in [0.1, 0.15) is 0 Å². The van der Waals surface area contributed by atoms with Gasteiger partial charge in [0.05, 0.1) is 0 Å². The number of rotatable bonds is 3. The van der Waals surface area contributed by atoms with Gasteiger partial charge in [-0.3, -0.25) is 4.79 Å². The number of urea groups is 1. The predicted octanol–water partition coefficient (Wildman–Crippen LogP) is 1.23. The second kappa shape index (κ2) is 6.41. The van der Waals surface area contributed by atoms with Crippen LogP contribution in [0.5, 0.6) is 0 Å². The summed E-state index contributed by atoms with van der Waals surface area (Å²) in [5.74, 6) is 0.0959. The number of nitrogens with zero attached hydrogens (tertiary/aromatic N) is 2. The Morgan fingerprint density at radius 3 is 2.65 bits per heavy atom. The van der Waals surface area contributed by atoms with Crippen LogP contribution in [0.1, 0.15) is 17.5 Å². The summed E-state index contributed by atoms with van der Waals surface area (Å²) in [6.45, 7) is 1.82. The maximum absolute atomic E-state index is 12.1. The Morgan fingerprint density at radius 2 is 1.95 bits per heavy atom. The maximum Gasteiger partial charge on any atom is 0.316 e. The molecule has 5 nitrogen and oxygen atoms in total. The zero-order valence-corrected chi connectivity index (χ0v) is 12.1. The summed E-state index contributed by atoms with van der Waals surface area (Å²) in [7, 11) is 3.36. The van der Waals surface area contributed by atoms with Gasteiger partial charge in [0.2, 0.25) is 5.91 Å². The van der Waals surface area contributed by atoms with Gasteiger partial charge in [0.25, 0.3) is 0 Å². The van der Waals surface area contributed by atoms with Crippen molar-refractivity contribution in [1.29, 1.82) is 0 Å². The summed E-state index contributed by atoms with van der Waals surface area (Å²) in [4.78, 5) is 26.8. The second-order valence-electron chi connectivity index (χ2n) is 5.21. The van der Waals surface area contributed by atoms with Crippen molar-refractivity contribution in [2.75, 3.05) is 27.2 Å². The van der Waals surface area contributed by atoms with Crippen molar-refractivity contribution in [1.82, 2.24) is 15.1 Å². The third kappa shape index (κ3) is 3.50. The van der Waals surface area contributed by atoms with Crippen molar-refractivity contribution in [2.24, 2.45) is 0 Å². The molecule has 2 rings (SSSR count). The van der Waals surface area contributed by atoms with Gasteiger partial charge in [-0.1, -0.05) is 24.3 Å². The minimum absolute atomic E-state index is 0.0959. The van der Waals surface area contributed by atoms with E-state index in [1.807, 2.05) is 17.0 Å². The van der Waals surface area contributed by atoms with E-state index in [2.05, 4.69) is 17.4 Å². The van der Waals surface area contributed by atoms with Crippen molar-refractivity contribution in [2.45, 2.75) is 19.4 Å². The average Bonchev–Trinajstić information content (AvgIpc) is 2.46. The standard InChI is InChI=1S/C15H21N3O2/c1-17(2)15(20)16-9-7-14(19)18-10-8-12-5-3-4-6-13(12)11-18/h3-6H,7-11H2,1-2H3,(H,16,20). The van der Waals surface area contributed by atoms with Crippen LogP contribution < -0.4 is 5.32 Å². The Hall–Kier alpha value is -2.04. The van der Waals surface area contributed by atoms with Crippen molar-refractivity contribution in [3.8, 4) is 0 Å².